The molecule has 0 amide bonds. The van der Waals surface area contributed by atoms with Gasteiger partial charge >= 0.3 is 0 Å². The van der Waals surface area contributed by atoms with E-state index in [2.05, 4.69) is 9.71 Å². The van der Waals surface area contributed by atoms with Gasteiger partial charge in [-0.25, -0.2) is 13.4 Å². The van der Waals surface area contributed by atoms with Gasteiger partial charge in [0.25, 0.3) is 10.0 Å². The fourth-order valence-corrected chi connectivity index (χ4v) is 2.68. The first-order valence-corrected chi connectivity index (χ1v) is 7.16. The predicted molar refractivity (Wildman–Crippen MR) is 72.1 cm³/mol. The molecule has 0 aliphatic rings. The fourth-order valence-electron chi connectivity index (χ4n) is 1.61. The maximum atomic E-state index is 12.1. The Bertz CT molecular complexity index is 684. The number of aliphatic hydroxyl groups excluding tert-OH is 1. The number of anilines is 1. The minimum absolute atomic E-state index is 0.0994. The monoisotopic (exact) mass is 278 g/mol. The first kappa shape index (κ1) is 13.5. The highest BCUT2D eigenvalue weighted by molar-refractivity contribution is 7.92. The van der Waals surface area contributed by atoms with Crippen molar-refractivity contribution in [1.82, 2.24) is 4.98 Å². The van der Waals surface area contributed by atoms with Crippen molar-refractivity contribution in [2.75, 3.05) is 4.72 Å². The van der Waals surface area contributed by atoms with E-state index in [-0.39, 0.29) is 17.3 Å². The molecule has 2 N–H and O–H groups in total. The van der Waals surface area contributed by atoms with E-state index >= 15 is 0 Å². The number of rotatable bonds is 4. The van der Waals surface area contributed by atoms with Crippen LogP contribution in [0.2, 0.25) is 0 Å². The summed E-state index contributed by atoms with van der Waals surface area (Å²) in [5.74, 6) is 0.273. The Labute approximate surface area is 112 Å². The third kappa shape index (κ3) is 3.30. The number of aliphatic hydroxyl groups is 1. The Balaban J connectivity index is 2.32. The van der Waals surface area contributed by atoms with E-state index in [4.69, 9.17) is 5.11 Å². The van der Waals surface area contributed by atoms with Gasteiger partial charge in [0.15, 0.2) is 0 Å². The molecule has 0 bridgehead atoms. The summed E-state index contributed by atoms with van der Waals surface area (Å²) in [5, 5.41) is 9.03. The predicted octanol–water partition coefficient (Wildman–Crippen LogP) is 1.68. The van der Waals surface area contributed by atoms with Crippen molar-refractivity contribution in [1.29, 1.82) is 0 Å². The molecule has 0 saturated carbocycles. The summed E-state index contributed by atoms with van der Waals surface area (Å²) in [7, 11) is -3.69. The van der Waals surface area contributed by atoms with Crippen LogP contribution < -0.4 is 4.72 Å². The van der Waals surface area contributed by atoms with Crippen LogP contribution in [-0.2, 0) is 16.6 Å². The van der Waals surface area contributed by atoms with Gasteiger partial charge in [-0.3, -0.25) is 4.72 Å². The molecule has 2 rings (SSSR count). The highest BCUT2D eigenvalue weighted by Gasteiger charge is 2.15. The van der Waals surface area contributed by atoms with E-state index in [1.54, 1.807) is 37.3 Å². The van der Waals surface area contributed by atoms with Gasteiger partial charge in [-0.1, -0.05) is 18.2 Å². The van der Waals surface area contributed by atoms with Gasteiger partial charge in [0.1, 0.15) is 5.82 Å². The van der Waals surface area contributed by atoms with Gasteiger partial charge in [0, 0.05) is 5.69 Å². The molecule has 2 aromatic rings. The van der Waals surface area contributed by atoms with Gasteiger partial charge < -0.3 is 5.11 Å². The topological polar surface area (TPSA) is 79.3 Å². The molecule has 19 heavy (non-hydrogen) atoms. The molecule has 0 aliphatic carbocycles. The average Bonchev–Trinajstić information content (AvgIpc) is 2.38. The number of nitrogens with zero attached hydrogens (tertiary/aromatic N) is 1. The Kier molecular flexibility index (Phi) is 3.82. The van der Waals surface area contributed by atoms with E-state index in [0.29, 0.717) is 5.56 Å². The summed E-state index contributed by atoms with van der Waals surface area (Å²) < 4.78 is 26.7. The molecule has 0 atom stereocenters. The molecule has 0 radical (unpaired) electrons. The molecular weight excluding hydrogens is 264 g/mol. The summed E-state index contributed by atoms with van der Waals surface area (Å²) in [6, 6.07) is 11.2. The van der Waals surface area contributed by atoms with Crippen LogP contribution in [0.25, 0.3) is 0 Å². The molecule has 0 aliphatic heterocycles. The van der Waals surface area contributed by atoms with E-state index in [0.717, 1.165) is 5.69 Å². The molecule has 1 heterocycles. The maximum Gasteiger partial charge on any atom is 0.263 e. The number of pyridine rings is 1. The molecule has 6 heteroatoms. The van der Waals surface area contributed by atoms with Crippen molar-refractivity contribution in [3.05, 3.63) is 53.7 Å². The van der Waals surface area contributed by atoms with Crippen molar-refractivity contribution in [3.63, 3.8) is 0 Å². The van der Waals surface area contributed by atoms with E-state index < -0.39 is 10.0 Å². The van der Waals surface area contributed by atoms with Crippen LogP contribution in [0.5, 0.6) is 0 Å². The number of sulfonamides is 1. The Morgan fingerprint density at radius 3 is 2.63 bits per heavy atom. The van der Waals surface area contributed by atoms with Crippen molar-refractivity contribution in [2.45, 2.75) is 18.4 Å². The van der Waals surface area contributed by atoms with E-state index in [1.165, 1.54) is 12.1 Å². The van der Waals surface area contributed by atoms with Crippen molar-refractivity contribution in [2.24, 2.45) is 0 Å². The maximum absolute atomic E-state index is 12.1. The minimum atomic E-state index is -3.69. The van der Waals surface area contributed by atoms with Crippen LogP contribution in [-0.4, -0.2) is 18.5 Å². The summed E-state index contributed by atoms with van der Waals surface area (Å²) in [5.41, 5.74) is 1.27. The molecule has 0 spiro atoms. The Morgan fingerprint density at radius 2 is 1.95 bits per heavy atom. The number of nitrogens with one attached hydrogen (secondary N) is 1. The number of benzene rings is 1. The Morgan fingerprint density at radius 1 is 1.21 bits per heavy atom. The normalized spacial score (nSPS) is 11.3. The summed E-state index contributed by atoms with van der Waals surface area (Å²) in [6.45, 7) is 1.58. The average molecular weight is 278 g/mol. The molecule has 1 aromatic carbocycles. The van der Waals surface area contributed by atoms with Gasteiger partial charge in [0.2, 0.25) is 0 Å². The van der Waals surface area contributed by atoms with Gasteiger partial charge in [0.05, 0.1) is 11.5 Å². The molecule has 0 unspecified atom stereocenters. The highest BCUT2D eigenvalue weighted by atomic mass is 32.2. The lowest BCUT2D eigenvalue weighted by Gasteiger charge is -2.08. The lowest BCUT2D eigenvalue weighted by atomic mass is 10.2. The quantitative estimate of drug-likeness (QED) is 0.892. The Hall–Kier alpha value is -1.92. The fraction of sp³-hybridized carbons (Fsp3) is 0.154. The molecule has 5 nitrogen and oxygen atoms in total. The largest absolute Gasteiger partial charge is 0.392 e. The van der Waals surface area contributed by atoms with Crippen molar-refractivity contribution >= 4 is 15.8 Å². The number of aryl methyl sites for hydroxylation is 1. The SMILES string of the molecule is Cc1cccc(NS(=O)(=O)c2cccc(CO)c2)n1. The first-order chi connectivity index (χ1) is 9.01. The molecule has 0 saturated heterocycles. The number of hydrogen-bond acceptors (Lipinski definition) is 4. The molecule has 0 fully saturated rings. The minimum Gasteiger partial charge on any atom is -0.392 e. The second kappa shape index (κ2) is 5.38. The van der Waals surface area contributed by atoms with Crippen molar-refractivity contribution in [3.8, 4) is 0 Å². The highest BCUT2D eigenvalue weighted by Crippen LogP contribution is 2.16. The summed E-state index contributed by atoms with van der Waals surface area (Å²) in [4.78, 5) is 4.19. The zero-order chi connectivity index (χ0) is 13.9. The molecule has 1 aromatic heterocycles. The second-order valence-corrected chi connectivity index (χ2v) is 5.76. The third-order valence-electron chi connectivity index (χ3n) is 2.52. The van der Waals surface area contributed by atoms with Crippen LogP contribution in [0, 0.1) is 6.92 Å². The molecular formula is C13H14N2O3S. The summed E-state index contributed by atoms with van der Waals surface area (Å²) >= 11 is 0. The van der Waals surface area contributed by atoms with Crippen LogP contribution in [0.3, 0.4) is 0 Å². The lowest BCUT2D eigenvalue weighted by molar-refractivity contribution is 0.281. The van der Waals surface area contributed by atoms with Gasteiger partial charge in [-0.05, 0) is 36.8 Å². The summed E-state index contributed by atoms with van der Waals surface area (Å²) in [6.07, 6.45) is 0. The lowest BCUT2D eigenvalue weighted by Crippen LogP contribution is -2.14. The van der Waals surface area contributed by atoms with Crippen LogP contribution in [0.4, 0.5) is 5.82 Å². The molecule has 100 valence electrons. The van der Waals surface area contributed by atoms with Crippen LogP contribution in [0.1, 0.15) is 11.3 Å². The third-order valence-corrected chi connectivity index (χ3v) is 3.87. The van der Waals surface area contributed by atoms with Gasteiger partial charge in [-0.15, -0.1) is 0 Å². The van der Waals surface area contributed by atoms with E-state index in [9.17, 15) is 8.42 Å². The van der Waals surface area contributed by atoms with Crippen LogP contribution >= 0.6 is 0 Å². The van der Waals surface area contributed by atoms with Crippen molar-refractivity contribution < 1.29 is 13.5 Å². The second-order valence-electron chi connectivity index (χ2n) is 4.08. The van der Waals surface area contributed by atoms with Crippen LogP contribution in [0.15, 0.2) is 47.4 Å². The number of aromatic nitrogens is 1. The standard InChI is InChI=1S/C13H14N2O3S/c1-10-4-2-7-13(14-10)15-19(17,18)12-6-3-5-11(8-12)9-16/h2-8,16H,9H2,1H3,(H,14,15). The first-order valence-electron chi connectivity index (χ1n) is 5.67. The van der Waals surface area contributed by atoms with E-state index in [1.807, 2.05) is 0 Å². The smallest absolute Gasteiger partial charge is 0.263 e. The number of hydrogen-bond donors (Lipinski definition) is 2. The zero-order valence-corrected chi connectivity index (χ0v) is 11.2. The zero-order valence-electron chi connectivity index (χ0n) is 10.4. The van der Waals surface area contributed by atoms with Gasteiger partial charge in [-0.2, -0.15) is 0 Å².